The number of hydrogen-bond donors (Lipinski definition) is 2. The van der Waals surface area contributed by atoms with Crippen LogP contribution in [0.3, 0.4) is 0 Å². The van der Waals surface area contributed by atoms with Crippen LogP contribution in [0, 0.1) is 4.77 Å². The lowest BCUT2D eigenvalue weighted by atomic mass is 10.2. The maximum atomic E-state index is 11.9. The third-order valence-corrected chi connectivity index (χ3v) is 3.57. The minimum Gasteiger partial charge on any atom is -0.494 e. The number of aromatic nitrogens is 2. The molecule has 2 N–H and O–H groups in total. The molecule has 0 fully saturated rings. The first-order chi connectivity index (χ1) is 11.5. The number of ether oxygens (including phenoxy) is 1. The summed E-state index contributed by atoms with van der Waals surface area (Å²) in [5, 5.41) is 10.1. The van der Waals surface area contributed by atoms with Crippen molar-refractivity contribution in [1.29, 1.82) is 0 Å². The van der Waals surface area contributed by atoms with Crippen molar-refractivity contribution in [3.05, 3.63) is 50.5 Å². The monoisotopic (exact) mass is 347 g/mol. The lowest BCUT2D eigenvalue weighted by Gasteiger charge is -2.07. The highest BCUT2D eigenvalue weighted by Gasteiger charge is 2.10. The zero-order valence-electron chi connectivity index (χ0n) is 13.3. The van der Waals surface area contributed by atoms with Gasteiger partial charge in [-0.2, -0.15) is 0 Å². The van der Waals surface area contributed by atoms with Crippen LogP contribution in [0.2, 0.25) is 0 Å². The fourth-order valence-electron chi connectivity index (χ4n) is 2.02. The zero-order chi connectivity index (χ0) is 17.7. The van der Waals surface area contributed by atoms with Crippen molar-refractivity contribution in [2.24, 2.45) is 4.99 Å². The Morgan fingerprint density at radius 3 is 2.62 bits per heavy atom. The first-order valence-electron chi connectivity index (χ1n) is 7.35. The number of aromatic amines is 1. The van der Waals surface area contributed by atoms with Crippen LogP contribution in [-0.2, 0) is 11.3 Å². The van der Waals surface area contributed by atoms with Crippen LogP contribution in [-0.4, -0.2) is 33.4 Å². The van der Waals surface area contributed by atoms with E-state index in [2.05, 4.69) is 9.98 Å². The van der Waals surface area contributed by atoms with E-state index in [1.807, 2.05) is 0 Å². The molecule has 0 saturated carbocycles. The molecule has 0 unspecified atom stereocenters. The second kappa shape index (κ2) is 7.69. The Hall–Kier alpha value is -2.74. The Kier molecular flexibility index (Phi) is 5.64. The molecule has 0 bridgehead atoms. The number of hydrogen-bond acceptors (Lipinski definition) is 6. The molecule has 0 amide bonds. The van der Waals surface area contributed by atoms with E-state index in [1.165, 1.54) is 10.8 Å². The Balaban J connectivity index is 2.30. The van der Waals surface area contributed by atoms with Crippen molar-refractivity contribution in [2.75, 3.05) is 6.61 Å². The summed E-state index contributed by atoms with van der Waals surface area (Å²) in [6, 6.07) is 6.38. The minimum atomic E-state index is -0.519. The van der Waals surface area contributed by atoms with E-state index >= 15 is 0 Å². The van der Waals surface area contributed by atoms with Gasteiger partial charge in [-0.25, -0.2) is 4.79 Å². The van der Waals surface area contributed by atoms with Gasteiger partial charge in [-0.3, -0.25) is 19.3 Å². The fraction of sp³-hybridized carbons (Fsp3) is 0.250. The van der Waals surface area contributed by atoms with E-state index in [0.29, 0.717) is 24.4 Å². The number of carbonyl (C=O) groups is 1. The molecule has 0 radical (unpaired) electrons. The van der Waals surface area contributed by atoms with Gasteiger partial charge < -0.3 is 9.84 Å². The van der Waals surface area contributed by atoms with E-state index in [9.17, 15) is 14.7 Å². The van der Waals surface area contributed by atoms with Gasteiger partial charge in [0.05, 0.1) is 17.9 Å². The van der Waals surface area contributed by atoms with Gasteiger partial charge in [-0.1, -0.05) is 0 Å². The highest BCUT2D eigenvalue weighted by atomic mass is 32.1. The standard InChI is InChI=1S/C16H17N3O4S/c1-3-19-14(21)12(13(20)18-16(19)24)9-17-11-7-5-10(6-8-11)15(22)23-4-2/h5-9,21H,3-4H2,1-2H3,(H,18,20,24). The van der Waals surface area contributed by atoms with Crippen LogP contribution in [0.5, 0.6) is 5.88 Å². The zero-order valence-corrected chi connectivity index (χ0v) is 14.1. The number of nitrogens with one attached hydrogen (secondary N) is 1. The van der Waals surface area contributed by atoms with Gasteiger partial charge in [0, 0.05) is 12.8 Å². The number of H-pyrrole nitrogens is 1. The Morgan fingerprint density at radius 2 is 2.04 bits per heavy atom. The number of aromatic hydroxyl groups is 1. The van der Waals surface area contributed by atoms with E-state index in [1.54, 1.807) is 38.1 Å². The van der Waals surface area contributed by atoms with E-state index in [-0.39, 0.29) is 16.2 Å². The SMILES string of the molecule is CCOC(=O)c1ccc(N=Cc2c(O)n(CC)c(=S)[nH]c2=O)cc1. The van der Waals surface area contributed by atoms with Crippen LogP contribution < -0.4 is 5.56 Å². The van der Waals surface area contributed by atoms with Crippen LogP contribution >= 0.6 is 12.2 Å². The van der Waals surface area contributed by atoms with Crippen molar-refractivity contribution in [3.8, 4) is 5.88 Å². The van der Waals surface area contributed by atoms with Crippen molar-refractivity contribution in [1.82, 2.24) is 9.55 Å². The highest BCUT2D eigenvalue weighted by Crippen LogP contribution is 2.16. The summed E-state index contributed by atoms with van der Waals surface area (Å²) < 4.78 is 6.44. The third-order valence-electron chi connectivity index (χ3n) is 3.24. The van der Waals surface area contributed by atoms with E-state index < -0.39 is 11.5 Å². The smallest absolute Gasteiger partial charge is 0.338 e. The molecule has 7 nitrogen and oxygen atoms in total. The fourth-order valence-corrected chi connectivity index (χ4v) is 2.33. The molecule has 8 heteroatoms. The number of benzene rings is 1. The summed E-state index contributed by atoms with van der Waals surface area (Å²) in [6.07, 6.45) is 1.26. The predicted octanol–water partition coefficient (Wildman–Crippen LogP) is 2.56. The second-order valence-electron chi connectivity index (χ2n) is 4.77. The maximum Gasteiger partial charge on any atom is 0.338 e. The average molecular weight is 347 g/mol. The number of carbonyl (C=O) groups excluding carboxylic acids is 1. The molecule has 0 saturated heterocycles. The van der Waals surface area contributed by atoms with E-state index in [4.69, 9.17) is 17.0 Å². The second-order valence-corrected chi connectivity index (χ2v) is 5.15. The number of nitrogens with zero attached hydrogens (tertiary/aromatic N) is 2. The largest absolute Gasteiger partial charge is 0.494 e. The Labute approximate surface area is 143 Å². The van der Waals surface area contributed by atoms with Crippen LogP contribution in [0.4, 0.5) is 5.69 Å². The third kappa shape index (κ3) is 3.77. The van der Waals surface area contributed by atoms with Crippen molar-refractivity contribution < 1.29 is 14.6 Å². The molecule has 1 aromatic heterocycles. The lowest BCUT2D eigenvalue weighted by molar-refractivity contribution is 0.0526. The average Bonchev–Trinajstić information content (AvgIpc) is 2.55. The molecule has 126 valence electrons. The molecule has 2 rings (SSSR count). The normalized spacial score (nSPS) is 10.9. The quantitative estimate of drug-likeness (QED) is 0.492. The first-order valence-corrected chi connectivity index (χ1v) is 7.76. The van der Waals surface area contributed by atoms with Gasteiger partial charge in [0.15, 0.2) is 4.77 Å². The Morgan fingerprint density at radius 1 is 1.38 bits per heavy atom. The van der Waals surface area contributed by atoms with Crippen molar-refractivity contribution in [3.63, 3.8) is 0 Å². The molecule has 1 aromatic carbocycles. The molecule has 0 aliphatic carbocycles. The van der Waals surface area contributed by atoms with Crippen LogP contribution in [0.15, 0.2) is 34.1 Å². The van der Waals surface area contributed by atoms with E-state index in [0.717, 1.165) is 0 Å². The van der Waals surface area contributed by atoms with Crippen LogP contribution in [0.1, 0.15) is 29.8 Å². The first kappa shape index (κ1) is 17.6. The van der Waals surface area contributed by atoms with Gasteiger partial charge in [0.25, 0.3) is 5.56 Å². The Bertz CT molecular complexity index is 882. The molecule has 1 heterocycles. The molecule has 0 spiro atoms. The summed E-state index contributed by atoms with van der Waals surface area (Å²) in [4.78, 5) is 30.1. The summed E-state index contributed by atoms with van der Waals surface area (Å²) in [6.45, 7) is 4.24. The molecule has 0 aliphatic heterocycles. The molecular weight excluding hydrogens is 330 g/mol. The summed E-state index contributed by atoms with van der Waals surface area (Å²) >= 11 is 4.98. The van der Waals surface area contributed by atoms with Gasteiger partial charge in [-0.15, -0.1) is 0 Å². The van der Waals surface area contributed by atoms with Crippen molar-refractivity contribution in [2.45, 2.75) is 20.4 Å². The van der Waals surface area contributed by atoms with Crippen LogP contribution in [0.25, 0.3) is 0 Å². The summed E-state index contributed by atoms with van der Waals surface area (Å²) in [5.74, 6) is -0.648. The van der Waals surface area contributed by atoms with Crippen molar-refractivity contribution >= 4 is 30.1 Å². The number of aliphatic imine (C=N–C) groups is 1. The van der Waals surface area contributed by atoms with Gasteiger partial charge >= 0.3 is 5.97 Å². The summed E-state index contributed by atoms with van der Waals surface area (Å²) in [7, 11) is 0. The molecular formula is C16H17N3O4S. The van der Waals surface area contributed by atoms with Gasteiger partial charge in [-0.05, 0) is 50.3 Å². The molecule has 24 heavy (non-hydrogen) atoms. The lowest BCUT2D eigenvalue weighted by Crippen LogP contribution is -2.18. The minimum absolute atomic E-state index is 0.0138. The van der Waals surface area contributed by atoms with Gasteiger partial charge in [0.1, 0.15) is 5.56 Å². The summed E-state index contributed by atoms with van der Waals surface area (Å²) in [5.41, 5.74) is 0.428. The molecule has 2 aromatic rings. The predicted molar refractivity (Wildman–Crippen MR) is 92.9 cm³/mol. The highest BCUT2D eigenvalue weighted by molar-refractivity contribution is 7.71. The molecule has 0 aliphatic rings. The molecule has 0 atom stereocenters. The van der Waals surface area contributed by atoms with Gasteiger partial charge in [0.2, 0.25) is 5.88 Å². The number of rotatable bonds is 5. The maximum absolute atomic E-state index is 11.9. The number of esters is 1. The topological polar surface area (TPSA) is 96.7 Å².